The number of anilines is 2. The lowest BCUT2D eigenvalue weighted by molar-refractivity contribution is -0.121. The van der Waals surface area contributed by atoms with E-state index in [2.05, 4.69) is 5.32 Å². The molecular formula is C32H23ClN2O4. The van der Waals surface area contributed by atoms with Gasteiger partial charge in [0.05, 0.1) is 18.2 Å². The van der Waals surface area contributed by atoms with Gasteiger partial charge in [-0.25, -0.2) is 0 Å². The van der Waals surface area contributed by atoms with Crippen LogP contribution in [0.2, 0.25) is 5.02 Å². The van der Waals surface area contributed by atoms with Gasteiger partial charge in [-0.1, -0.05) is 53.6 Å². The first-order valence-electron chi connectivity index (χ1n) is 12.8. The fraction of sp³-hybridized carbons (Fsp3) is 0.156. The van der Waals surface area contributed by atoms with Crippen LogP contribution in [0.15, 0.2) is 95.6 Å². The van der Waals surface area contributed by atoms with E-state index in [1.54, 1.807) is 36.4 Å². The number of rotatable bonds is 4. The lowest BCUT2D eigenvalue weighted by Crippen LogP contribution is -2.51. The van der Waals surface area contributed by atoms with E-state index in [0.717, 1.165) is 16.8 Å². The van der Waals surface area contributed by atoms with Gasteiger partial charge >= 0.3 is 0 Å². The number of ketones is 2. The molecule has 0 unspecified atom stereocenters. The first kappa shape index (κ1) is 23.7. The van der Waals surface area contributed by atoms with Crippen LogP contribution in [0.4, 0.5) is 11.4 Å². The molecule has 0 aliphatic carbocycles. The highest BCUT2D eigenvalue weighted by molar-refractivity contribution is 6.30. The minimum atomic E-state index is -1.37. The summed E-state index contributed by atoms with van der Waals surface area (Å²) < 4.78 is 5.58. The minimum Gasteiger partial charge on any atom is -0.461 e. The zero-order valence-corrected chi connectivity index (χ0v) is 21.7. The number of nitrogens with one attached hydrogen (secondary N) is 1. The second kappa shape index (κ2) is 8.55. The quantitative estimate of drug-likeness (QED) is 0.320. The summed E-state index contributed by atoms with van der Waals surface area (Å²) in [4.78, 5) is 45.1. The van der Waals surface area contributed by atoms with Gasteiger partial charge in [0.2, 0.25) is 11.7 Å². The Kier molecular flexibility index (Phi) is 5.19. The number of amides is 1. The number of hydrogen-bond acceptors (Lipinski definition) is 5. The summed E-state index contributed by atoms with van der Waals surface area (Å²) in [6, 6.07) is 21.7. The number of furan rings is 1. The SMILES string of the molecule is Cc1ccc2c(c1)C=C[C@H]1N2[C@H](C(=O)c2ccc(Cl)cc2)[C@H](C(=O)c2ccco2)[C@]12C(=O)Nc1ccccc12. The number of benzene rings is 3. The molecule has 4 aromatic rings. The molecule has 192 valence electrons. The van der Waals surface area contributed by atoms with E-state index in [0.29, 0.717) is 21.8 Å². The maximum atomic E-state index is 14.5. The fourth-order valence-electron chi connectivity index (χ4n) is 6.66. The Hall–Kier alpha value is -4.42. The first-order chi connectivity index (χ1) is 18.9. The van der Waals surface area contributed by atoms with Gasteiger partial charge in [0.15, 0.2) is 11.5 Å². The zero-order chi connectivity index (χ0) is 26.9. The molecule has 1 amide bonds. The number of nitrogens with zero attached hydrogens (tertiary/aromatic N) is 1. The molecular weight excluding hydrogens is 512 g/mol. The normalized spacial score (nSPS) is 24.3. The van der Waals surface area contributed by atoms with Crippen molar-refractivity contribution in [2.75, 3.05) is 10.2 Å². The van der Waals surface area contributed by atoms with Crippen molar-refractivity contribution in [2.24, 2.45) is 5.92 Å². The highest BCUT2D eigenvalue weighted by Gasteiger charge is 2.70. The van der Waals surface area contributed by atoms with Crippen molar-refractivity contribution in [1.82, 2.24) is 0 Å². The van der Waals surface area contributed by atoms with Crippen LogP contribution >= 0.6 is 11.6 Å². The van der Waals surface area contributed by atoms with Gasteiger partial charge in [0, 0.05) is 22.0 Å². The van der Waals surface area contributed by atoms with Crippen LogP contribution in [0.25, 0.3) is 6.08 Å². The third kappa shape index (κ3) is 3.25. The lowest BCUT2D eigenvalue weighted by atomic mass is 9.64. The van der Waals surface area contributed by atoms with Crippen LogP contribution in [0.5, 0.6) is 0 Å². The molecule has 0 saturated carbocycles. The van der Waals surface area contributed by atoms with Gasteiger partial charge in [-0.05, 0) is 72.6 Å². The monoisotopic (exact) mass is 534 g/mol. The third-order valence-corrected chi connectivity index (χ3v) is 8.48. The molecule has 1 N–H and O–H groups in total. The molecule has 3 aliphatic rings. The number of aryl methyl sites for hydroxylation is 1. The van der Waals surface area contributed by atoms with Gasteiger partial charge < -0.3 is 14.6 Å². The molecule has 0 radical (unpaired) electrons. The van der Waals surface area contributed by atoms with E-state index < -0.39 is 29.2 Å². The van der Waals surface area contributed by atoms with Crippen molar-refractivity contribution < 1.29 is 18.8 Å². The predicted octanol–water partition coefficient (Wildman–Crippen LogP) is 6.10. The Balaban J connectivity index is 1.54. The van der Waals surface area contributed by atoms with Gasteiger partial charge in [0.25, 0.3) is 0 Å². The first-order valence-corrected chi connectivity index (χ1v) is 13.1. The number of carbonyl (C=O) groups is 3. The summed E-state index contributed by atoms with van der Waals surface area (Å²) in [5.74, 6) is -1.93. The number of halogens is 1. The molecule has 1 spiro atoms. The highest BCUT2D eigenvalue weighted by atomic mass is 35.5. The van der Waals surface area contributed by atoms with Gasteiger partial charge in [0.1, 0.15) is 11.5 Å². The Morgan fingerprint density at radius 3 is 2.54 bits per heavy atom. The Labute approximate surface area is 229 Å². The van der Waals surface area contributed by atoms with Crippen LogP contribution in [0.1, 0.15) is 37.6 Å². The van der Waals surface area contributed by atoms with Crippen molar-refractivity contribution in [3.63, 3.8) is 0 Å². The van der Waals surface area contributed by atoms with Crippen LogP contribution in [0.3, 0.4) is 0 Å². The topological polar surface area (TPSA) is 79.6 Å². The largest absolute Gasteiger partial charge is 0.461 e. The van der Waals surface area contributed by atoms with Crippen LogP contribution in [0, 0.1) is 12.8 Å². The molecule has 3 aliphatic heterocycles. The smallest absolute Gasteiger partial charge is 0.238 e. The van der Waals surface area contributed by atoms with E-state index in [1.807, 2.05) is 66.4 Å². The summed E-state index contributed by atoms with van der Waals surface area (Å²) in [5, 5.41) is 3.52. The molecule has 3 aromatic carbocycles. The summed E-state index contributed by atoms with van der Waals surface area (Å²) in [5.41, 5.74) is 3.17. The number of fused-ring (bicyclic) bond motifs is 6. The molecule has 39 heavy (non-hydrogen) atoms. The molecule has 1 aromatic heterocycles. The second-order valence-corrected chi connectivity index (χ2v) is 10.7. The van der Waals surface area contributed by atoms with E-state index >= 15 is 0 Å². The summed E-state index contributed by atoms with van der Waals surface area (Å²) in [6.45, 7) is 2.01. The maximum absolute atomic E-state index is 14.5. The highest BCUT2D eigenvalue weighted by Crippen LogP contribution is 2.58. The molecule has 6 nitrogen and oxygen atoms in total. The molecule has 1 fully saturated rings. The molecule has 0 bridgehead atoms. The van der Waals surface area contributed by atoms with Crippen LogP contribution in [-0.4, -0.2) is 29.6 Å². The van der Waals surface area contributed by atoms with Crippen LogP contribution < -0.4 is 10.2 Å². The molecule has 4 atom stereocenters. The van der Waals surface area contributed by atoms with E-state index in [-0.39, 0.29) is 17.5 Å². The van der Waals surface area contributed by atoms with Gasteiger partial charge in [-0.2, -0.15) is 0 Å². The minimum absolute atomic E-state index is 0.110. The summed E-state index contributed by atoms with van der Waals surface area (Å²) in [7, 11) is 0. The van der Waals surface area contributed by atoms with Crippen molar-refractivity contribution in [3.8, 4) is 0 Å². The maximum Gasteiger partial charge on any atom is 0.238 e. The average Bonchev–Trinajstić information content (AvgIpc) is 3.65. The van der Waals surface area contributed by atoms with Crippen molar-refractivity contribution in [2.45, 2.75) is 24.4 Å². The zero-order valence-electron chi connectivity index (χ0n) is 20.9. The molecule has 1 saturated heterocycles. The predicted molar refractivity (Wildman–Crippen MR) is 149 cm³/mol. The molecule has 7 heteroatoms. The van der Waals surface area contributed by atoms with E-state index in [1.165, 1.54) is 6.26 Å². The molecule has 7 rings (SSSR count). The average molecular weight is 535 g/mol. The van der Waals surface area contributed by atoms with E-state index in [9.17, 15) is 14.4 Å². The Morgan fingerprint density at radius 1 is 0.974 bits per heavy atom. The number of para-hydroxylation sites is 1. The summed E-state index contributed by atoms with van der Waals surface area (Å²) in [6.07, 6.45) is 5.38. The summed E-state index contributed by atoms with van der Waals surface area (Å²) >= 11 is 6.14. The number of Topliss-reactive ketones (excluding diaryl/α,β-unsaturated/α-hetero) is 2. The van der Waals surface area contributed by atoms with Crippen LogP contribution in [-0.2, 0) is 10.2 Å². The number of carbonyl (C=O) groups excluding carboxylic acids is 3. The van der Waals surface area contributed by atoms with Crippen molar-refractivity contribution in [3.05, 3.63) is 124 Å². The lowest BCUT2D eigenvalue weighted by Gasteiger charge is -2.37. The van der Waals surface area contributed by atoms with Crippen molar-refractivity contribution in [1.29, 1.82) is 0 Å². The Bertz CT molecular complexity index is 1690. The fourth-order valence-corrected chi connectivity index (χ4v) is 6.78. The Morgan fingerprint density at radius 2 is 1.77 bits per heavy atom. The molecule has 4 heterocycles. The standard InChI is InChI=1S/C32H23ClN2O4/c1-18-8-14-24-20(17-18)11-15-26-32(22-5-2-3-6-23(22)34-31(32)38)27(30(37)25-7-4-16-39-25)28(35(24)26)29(36)19-9-12-21(33)13-10-19/h2-17,26-28H,1H3,(H,34,38)/t26-,27-,28+,32-/m1/s1. The van der Waals surface area contributed by atoms with E-state index in [4.69, 9.17) is 16.0 Å². The number of hydrogen-bond donors (Lipinski definition) is 1. The van der Waals surface area contributed by atoms with Crippen molar-refractivity contribution >= 4 is 46.5 Å². The van der Waals surface area contributed by atoms with Gasteiger partial charge in [-0.3, -0.25) is 14.4 Å². The third-order valence-electron chi connectivity index (χ3n) is 8.23. The van der Waals surface area contributed by atoms with Gasteiger partial charge in [-0.15, -0.1) is 0 Å². The second-order valence-electron chi connectivity index (χ2n) is 10.3.